The van der Waals surface area contributed by atoms with Gasteiger partial charge in [-0.25, -0.2) is 9.97 Å². The van der Waals surface area contributed by atoms with Crippen molar-refractivity contribution in [2.24, 2.45) is 0 Å². The van der Waals surface area contributed by atoms with Crippen LogP contribution in [0.3, 0.4) is 0 Å². The van der Waals surface area contributed by atoms with Crippen molar-refractivity contribution in [2.75, 3.05) is 18.6 Å². The zero-order chi connectivity index (χ0) is 33.9. The summed E-state index contributed by atoms with van der Waals surface area (Å²) in [7, 11) is 2.13. The van der Waals surface area contributed by atoms with E-state index in [4.69, 9.17) is 21.4 Å². The number of hydrogen-bond donors (Lipinski definition) is 1. The van der Waals surface area contributed by atoms with Gasteiger partial charge in [0.05, 0.1) is 24.6 Å². The van der Waals surface area contributed by atoms with Gasteiger partial charge in [-0.05, 0) is 69.8 Å². The SMILES string of the molecule is C=CC.CC.CC.CCC1CC(N(Cc2cc(Cl)cc(C(F)(F)F)c2)c2ncc(OCCCC(=O)O)cn2)CC(CC)N1C. The van der Waals surface area contributed by atoms with Crippen molar-refractivity contribution in [3.8, 4) is 5.75 Å². The normalized spacial score (nSPS) is 17.9. The number of alkyl halides is 3. The third kappa shape index (κ3) is 13.8. The van der Waals surface area contributed by atoms with Crippen LogP contribution in [0.4, 0.5) is 19.1 Å². The average Bonchev–Trinajstić information content (AvgIpc) is 3.00. The van der Waals surface area contributed by atoms with Crippen LogP contribution in [0.1, 0.15) is 98.1 Å². The highest BCUT2D eigenvalue weighted by molar-refractivity contribution is 6.30. The van der Waals surface area contributed by atoms with Gasteiger partial charge in [0.1, 0.15) is 0 Å². The molecule has 1 fully saturated rings. The van der Waals surface area contributed by atoms with Crippen LogP contribution < -0.4 is 9.64 Å². The number of likely N-dealkylation sites (tertiary alicyclic amines) is 1. The third-order valence-corrected chi connectivity index (χ3v) is 7.15. The molecule has 1 aromatic heterocycles. The molecule has 1 aliphatic rings. The van der Waals surface area contributed by atoms with Crippen LogP contribution >= 0.6 is 11.6 Å². The average molecular weight is 645 g/mol. The Balaban J connectivity index is 0.00000244. The van der Waals surface area contributed by atoms with Crippen LogP contribution in [0.5, 0.6) is 5.75 Å². The first kappa shape index (κ1) is 41.1. The van der Waals surface area contributed by atoms with E-state index in [2.05, 4.69) is 42.3 Å². The van der Waals surface area contributed by atoms with E-state index in [9.17, 15) is 18.0 Å². The number of benzene rings is 1. The first-order valence-electron chi connectivity index (χ1n) is 15.5. The summed E-state index contributed by atoms with van der Waals surface area (Å²) < 4.78 is 46.0. The summed E-state index contributed by atoms with van der Waals surface area (Å²) in [6.45, 7) is 17.9. The lowest BCUT2D eigenvalue weighted by Crippen LogP contribution is -2.53. The second-order valence-corrected chi connectivity index (χ2v) is 10.3. The second kappa shape index (κ2) is 21.8. The number of rotatable bonds is 11. The fraction of sp³-hybridized carbons (Fsp3) is 0.606. The number of allylic oxidation sites excluding steroid dienone is 1. The fourth-order valence-electron chi connectivity index (χ4n) is 4.93. The number of piperidine rings is 1. The van der Waals surface area contributed by atoms with E-state index >= 15 is 0 Å². The molecule has 0 radical (unpaired) electrons. The van der Waals surface area contributed by atoms with Crippen molar-refractivity contribution >= 4 is 23.5 Å². The summed E-state index contributed by atoms with van der Waals surface area (Å²) in [4.78, 5) is 24.0. The van der Waals surface area contributed by atoms with Crippen molar-refractivity contribution in [2.45, 2.75) is 118 Å². The van der Waals surface area contributed by atoms with Gasteiger partial charge in [-0.15, -0.1) is 6.58 Å². The predicted octanol–water partition coefficient (Wildman–Crippen LogP) is 9.30. The van der Waals surface area contributed by atoms with Crippen LogP contribution in [0.2, 0.25) is 5.02 Å². The van der Waals surface area contributed by atoms with Gasteiger partial charge in [-0.1, -0.05) is 59.2 Å². The number of nitrogens with zero attached hydrogens (tertiary/aromatic N) is 4. The second-order valence-electron chi connectivity index (χ2n) is 9.86. The number of carboxylic acid groups (broad SMARTS) is 1. The molecule has 1 aliphatic heterocycles. The lowest BCUT2D eigenvalue weighted by Gasteiger charge is -2.46. The maximum Gasteiger partial charge on any atom is 0.416 e. The zero-order valence-corrected chi connectivity index (χ0v) is 28.4. The van der Waals surface area contributed by atoms with Crippen molar-refractivity contribution in [1.82, 2.24) is 14.9 Å². The summed E-state index contributed by atoms with van der Waals surface area (Å²) in [5, 5.41) is 8.79. The molecule has 0 spiro atoms. The molecule has 0 saturated carbocycles. The molecule has 11 heteroatoms. The lowest BCUT2D eigenvalue weighted by atomic mass is 9.88. The molecule has 1 saturated heterocycles. The smallest absolute Gasteiger partial charge is 0.416 e. The molecule has 1 N–H and O–H groups in total. The Bertz CT molecular complexity index is 1070. The first-order valence-corrected chi connectivity index (χ1v) is 15.9. The van der Waals surface area contributed by atoms with Crippen LogP contribution in [-0.4, -0.2) is 57.7 Å². The quantitative estimate of drug-likeness (QED) is 0.193. The van der Waals surface area contributed by atoms with Crippen LogP contribution in [0, 0.1) is 0 Å². The molecule has 0 bridgehead atoms. The molecule has 2 aromatic rings. The topological polar surface area (TPSA) is 78.8 Å². The Kier molecular flexibility index (Phi) is 20.4. The number of carboxylic acids is 1. The van der Waals surface area contributed by atoms with E-state index in [1.54, 1.807) is 12.1 Å². The summed E-state index contributed by atoms with van der Waals surface area (Å²) in [5.74, 6) is -0.0995. The number of aliphatic carboxylic acids is 1. The minimum absolute atomic E-state index is 0.000412. The molecule has 2 heterocycles. The van der Waals surface area contributed by atoms with Crippen molar-refractivity contribution < 1.29 is 27.8 Å². The number of ether oxygens (including phenoxy) is 1. The van der Waals surface area contributed by atoms with E-state index in [0.29, 0.717) is 35.8 Å². The highest BCUT2D eigenvalue weighted by Gasteiger charge is 2.36. The predicted molar refractivity (Wildman–Crippen MR) is 175 cm³/mol. The molecular formula is C33H52ClF3N4O3. The Morgan fingerprint density at radius 3 is 2.09 bits per heavy atom. The summed E-state index contributed by atoms with van der Waals surface area (Å²) in [5.41, 5.74) is -0.361. The van der Waals surface area contributed by atoms with Gasteiger partial charge < -0.3 is 19.6 Å². The number of aromatic nitrogens is 2. The van der Waals surface area contributed by atoms with Crippen LogP contribution in [0.15, 0.2) is 43.2 Å². The van der Waals surface area contributed by atoms with E-state index in [0.717, 1.165) is 37.8 Å². The Labute approximate surface area is 267 Å². The van der Waals surface area contributed by atoms with Crippen LogP contribution in [-0.2, 0) is 17.5 Å². The van der Waals surface area contributed by atoms with E-state index in [-0.39, 0.29) is 30.6 Å². The number of hydrogen-bond acceptors (Lipinski definition) is 6. The molecule has 250 valence electrons. The molecule has 0 amide bonds. The Morgan fingerprint density at radius 1 is 1.11 bits per heavy atom. The summed E-state index contributed by atoms with van der Waals surface area (Å²) >= 11 is 6.07. The van der Waals surface area contributed by atoms with Gasteiger partial charge in [-0.3, -0.25) is 4.79 Å². The molecule has 3 rings (SSSR count). The minimum Gasteiger partial charge on any atom is -0.490 e. The highest BCUT2D eigenvalue weighted by atomic mass is 35.5. The molecule has 2 unspecified atom stereocenters. The zero-order valence-electron chi connectivity index (χ0n) is 27.6. The third-order valence-electron chi connectivity index (χ3n) is 6.94. The van der Waals surface area contributed by atoms with Gasteiger partial charge in [0, 0.05) is 36.1 Å². The fourth-order valence-corrected chi connectivity index (χ4v) is 5.19. The molecular weight excluding hydrogens is 593 g/mol. The molecule has 1 aromatic carbocycles. The van der Waals surface area contributed by atoms with Gasteiger partial charge in [0.2, 0.25) is 5.95 Å². The van der Waals surface area contributed by atoms with E-state index in [1.807, 2.05) is 39.5 Å². The van der Waals surface area contributed by atoms with Gasteiger partial charge in [0.25, 0.3) is 0 Å². The number of anilines is 1. The van der Waals surface area contributed by atoms with Crippen molar-refractivity contribution in [1.29, 1.82) is 0 Å². The first-order chi connectivity index (χ1) is 20.9. The molecule has 7 nitrogen and oxygen atoms in total. The monoisotopic (exact) mass is 644 g/mol. The van der Waals surface area contributed by atoms with Gasteiger partial charge in [0.15, 0.2) is 5.75 Å². The number of halogens is 4. The lowest BCUT2D eigenvalue weighted by molar-refractivity contribution is -0.138. The minimum atomic E-state index is -4.51. The number of carbonyl (C=O) groups is 1. The van der Waals surface area contributed by atoms with E-state index < -0.39 is 17.7 Å². The Morgan fingerprint density at radius 2 is 1.64 bits per heavy atom. The largest absolute Gasteiger partial charge is 0.490 e. The van der Waals surface area contributed by atoms with Crippen LogP contribution in [0.25, 0.3) is 0 Å². The van der Waals surface area contributed by atoms with Gasteiger partial charge in [-0.2, -0.15) is 13.2 Å². The van der Waals surface area contributed by atoms with Crippen molar-refractivity contribution in [3.05, 3.63) is 59.4 Å². The Hall–Kier alpha value is -2.85. The summed E-state index contributed by atoms with van der Waals surface area (Å²) in [6.07, 6.45) is 4.19. The van der Waals surface area contributed by atoms with Crippen molar-refractivity contribution in [3.63, 3.8) is 0 Å². The maximum absolute atomic E-state index is 13.5. The standard InChI is InChI=1S/C26H34ClF3N4O3.C3H6.2C2H6/c1-4-20-12-22(13-21(5-2)33(20)3)34(16-17-9-18(26(28,29)30)11-19(27)10-17)25-31-14-23(15-32-25)37-8-6-7-24(35)36;1-3-2;2*1-2/h9-11,14-15,20-22H,4-8,12-13,16H2,1-3H3,(H,35,36);3H,1H2,2H3;2*1-2H3. The molecule has 44 heavy (non-hydrogen) atoms. The summed E-state index contributed by atoms with van der Waals surface area (Å²) in [6, 6.07) is 4.27. The molecule has 0 aliphatic carbocycles. The maximum atomic E-state index is 13.5. The van der Waals surface area contributed by atoms with Gasteiger partial charge >= 0.3 is 12.1 Å². The van der Waals surface area contributed by atoms with E-state index in [1.165, 1.54) is 12.4 Å². The highest BCUT2D eigenvalue weighted by Crippen LogP contribution is 2.35. The molecule has 2 atom stereocenters.